The zero-order valence-corrected chi connectivity index (χ0v) is 13.5. The fraction of sp³-hybridized carbons (Fsp3) is 0.471. The highest BCUT2D eigenvalue weighted by Crippen LogP contribution is 2.39. The molecule has 4 rings (SSSR count). The number of hydrogen-bond acceptors (Lipinski definition) is 5. The van der Waals surface area contributed by atoms with Crippen LogP contribution in [-0.4, -0.2) is 46.4 Å². The monoisotopic (exact) mass is 328 g/mol. The number of aromatic nitrogens is 3. The summed E-state index contributed by atoms with van der Waals surface area (Å²) in [5, 5.41) is 9.55. The first-order valence-electron chi connectivity index (χ1n) is 8.22. The van der Waals surface area contributed by atoms with Crippen molar-refractivity contribution < 1.29 is 14.3 Å². The number of carbonyl (C=O) groups is 1. The van der Waals surface area contributed by atoms with Crippen molar-refractivity contribution in [2.75, 3.05) is 13.2 Å². The van der Waals surface area contributed by atoms with Gasteiger partial charge in [0.05, 0.1) is 42.9 Å². The minimum atomic E-state index is -0.231. The smallest absolute Gasteiger partial charge is 0.253 e. The lowest BCUT2D eigenvalue weighted by Gasteiger charge is -2.20. The number of nitrogens with one attached hydrogen (secondary N) is 2. The average molecular weight is 328 g/mol. The number of ether oxygens (including phenoxy) is 2. The fourth-order valence-electron chi connectivity index (χ4n) is 2.94. The van der Waals surface area contributed by atoms with Gasteiger partial charge in [-0.15, -0.1) is 0 Å². The maximum atomic E-state index is 12.6. The maximum Gasteiger partial charge on any atom is 0.253 e. The van der Waals surface area contributed by atoms with Crippen molar-refractivity contribution in [2.24, 2.45) is 0 Å². The third kappa shape index (κ3) is 3.12. The van der Waals surface area contributed by atoms with Gasteiger partial charge in [0.1, 0.15) is 6.10 Å². The van der Waals surface area contributed by atoms with Crippen molar-refractivity contribution in [1.29, 1.82) is 0 Å². The van der Waals surface area contributed by atoms with E-state index >= 15 is 0 Å². The van der Waals surface area contributed by atoms with Crippen LogP contribution in [0.15, 0.2) is 24.5 Å². The van der Waals surface area contributed by atoms with Gasteiger partial charge in [-0.05, 0) is 31.9 Å². The van der Waals surface area contributed by atoms with E-state index in [0.717, 1.165) is 11.4 Å². The van der Waals surface area contributed by atoms with E-state index in [1.807, 2.05) is 19.1 Å². The van der Waals surface area contributed by atoms with E-state index in [-0.39, 0.29) is 18.1 Å². The van der Waals surface area contributed by atoms with E-state index in [9.17, 15) is 4.79 Å². The Balaban J connectivity index is 1.43. The highest BCUT2D eigenvalue weighted by molar-refractivity contribution is 5.95. The van der Waals surface area contributed by atoms with Crippen LogP contribution in [0.4, 0.5) is 0 Å². The van der Waals surface area contributed by atoms with E-state index in [2.05, 4.69) is 20.5 Å². The normalized spacial score (nSPS) is 23.2. The predicted octanol–water partition coefficient (Wildman–Crippen LogP) is 1.57. The number of aromatic amines is 1. The average Bonchev–Trinajstić information content (AvgIpc) is 3.14. The van der Waals surface area contributed by atoms with Gasteiger partial charge in [0.2, 0.25) is 0 Å². The second-order valence-corrected chi connectivity index (χ2v) is 6.35. The molecule has 1 saturated heterocycles. The first-order valence-corrected chi connectivity index (χ1v) is 8.22. The molecule has 7 nitrogen and oxygen atoms in total. The standard InChI is InChI=1S/C17H20N4O3/c1-10-13(4-5-14(20-10)11-2-3-11)17(22)21-15-8-23-9-16(15)24-12-6-18-19-7-12/h4-7,11,15-16H,2-3,8-9H2,1H3,(H,18,19)(H,21,22)/t15-,16+/m0/s1. The lowest BCUT2D eigenvalue weighted by molar-refractivity contribution is 0.0903. The summed E-state index contributed by atoms with van der Waals surface area (Å²) in [6, 6.07) is 3.63. The van der Waals surface area contributed by atoms with Crippen molar-refractivity contribution >= 4 is 5.91 Å². The molecular formula is C17H20N4O3. The van der Waals surface area contributed by atoms with Crippen molar-refractivity contribution in [3.05, 3.63) is 41.5 Å². The quantitative estimate of drug-likeness (QED) is 0.869. The van der Waals surface area contributed by atoms with Crippen LogP contribution in [0.3, 0.4) is 0 Å². The summed E-state index contributed by atoms with van der Waals surface area (Å²) in [5.41, 5.74) is 2.46. The molecule has 1 saturated carbocycles. The Morgan fingerprint density at radius 2 is 2.25 bits per heavy atom. The van der Waals surface area contributed by atoms with E-state index in [4.69, 9.17) is 9.47 Å². The molecule has 2 aromatic heterocycles. The molecule has 1 amide bonds. The lowest BCUT2D eigenvalue weighted by Crippen LogP contribution is -2.45. The molecule has 7 heteroatoms. The molecular weight excluding hydrogens is 308 g/mol. The van der Waals surface area contributed by atoms with Gasteiger partial charge in [0.25, 0.3) is 5.91 Å². The third-order valence-corrected chi connectivity index (χ3v) is 4.45. The number of rotatable bonds is 5. The number of aryl methyl sites for hydroxylation is 1. The van der Waals surface area contributed by atoms with Crippen LogP contribution in [0.2, 0.25) is 0 Å². The van der Waals surface area contributed by atoms with Crippen molar-refractivity contribution in [1.82, 2.24) is 20.5 Å². The number of hydrogen-bond donors (Lipinski definition) is 2. The second-order valence-electron chi connectivity index (χ2n) is 6.35. The summed E-state index contributed by atoms with van der Waals surface area (Å²) in [5.74, 6) is 1.08. The number of amides is 1. The molecule has 1 aliphatic heterocycles. The molecule has 2 atom stereocenters. The molecule has 0 radical (unpaired) electrons. The molecule has 0 spiro atoms. The Morgan fingerprint density at radius 3 is 2.96 bits per heavy atom. The fourth-order valence-corrected chi connectivity index (χ4v) is 2.94. The van der Waals surface area contributed by atoms with Gasteiger partial charge in [-0.2, -0.15) is 5.10 Å². The Bertz CT molecular complexity index is 727. The molecule has 0 unspecified atom stereocenters. The molecule has 0 bridgehead atoms. The van der Waals surface area contributed by atoms with Gasteiger partial charge in [0, 0.05) is 11.6 Å². The van der Waals surface area contributed by atoms with Gasteiger partial charge in [-0.3, -0.25) is 14.9 Å². The number of nitrogens with zero attached hydrogens (tertiary/aromatic N) is 2. The van der Waals surface area contributed by atoms with E-state index in [0.29, 0.717) is 30.4 Å². The van der Waals surface area contributed by atoms with Gasteiger partial charge in [0.15, 0.2) is 5.75 Å². The van der Waals surface area contributed by atoms with Gasteiger partial charge in [-0.1, -0.05) is 0 Å². The summed E-state index contributed by atoms with van der Waals surface area (Å²) < 4.78 is 11.3. The van der Waals surface area contributed by atoms with Crippen LogP contribution < -0.4 is 10.1 Å². The molecule has 126 valence electrons. The van der Waals surface area contributed by atoms with E-state index in [1.54, 1.807) is 12.4 Å². The van der Waals surface area contributed by atoms with Gasteiger partial charge >= 0.3 is 0 Å². The molecule has 2 fully saturated rings. The van der Waals surface area contributed by atoms with Gasteiger partial charge in [-0.25, -0.2) is 0 Å². The van der Waals surface area contributed by atoms with Crippen LogP contribution in [0.5, 0.6) is 5.75 Å². The predicted molar refractivity (Wildman–Crippen MR) is 86.0 cm³/mol. The van der Waals surface area contributed by atoms with Crippen molar-refractivity contribution in [2.45, 2.75) is 37.8 Å². The van der Waals surface area contributed by atoms with Crippen LogP contribution in [0, 0.1) is 6.92 Å². The summed E-state index contributed by atoms with van der Waals surface area (Å²) in [6.45, 7) is 2.75. The van der Waals surface area contributed by atoms with Crippen molar-refractivity contribution in [3.63, 3.8) is 0 Å². The first kappa shape index (κ1) is 15.1. The first-order chi connectivity index (χ1) is 11.7. The highest BCUT2D eigenvalue weighted by Gasteiger charge is 2.32. The molecule has 0 aromatic carbocycles. The topological polar surface area (TPSA) is 89.1 Å². The van der Waals surface area contributed by atoms with Crippen LogP contribution in [0.1, 0.15) is 40.5 Å². The SMILES string of the molecule is Cc1nc(C2CC2)ccc1C(=O)N[C@H]1COC[C@H]1Oc1cn[nH]c1. The zero-order valence-electron chi connectivity index (χ0n) is 13.5. The van der Waals surface area contributed by atoms with Crippen LogP contribution in [0.25, 0.3) is 0 Å². The molecule has 24 heavy (non-hydrogen) atoms. The Hall–Kier alpha value is -2.41. The minimum Gasteiger partial charge on any atom is -0.482 e. The molecule has 2 aliphatic rings. The number of pyridine rings is 1. The molecule has 2 aromatic rings. The zero-order chi connectivity index (χ0) is 16.5. The van der Waals surface area contributed by atoms with Crippen molar-refractivity contribution in [3.8, 4) is 5.75 Å². The van der Waals surface area contributed by atoms with E-state index < -0.39 is 0 Å². The molecule has 3 heterocycles. The summed E-state index contributed by atoms with van der Waals surface area (Å²) in [4.78, 5) is 17.2. The minimum absolute atomic E-state index is 0.140. The Morgan fingerprint density at radius 1 is 1.38 bits per heavy atom. The van der Waals surface area contributed by atoms with Gasteiger partial charge < -0.3 is 14.8 Å². The maximum absolute atomic E-state index is 12.6. The van der Waals surface area contributed by atoms with Crippen LogP contribution in [-0.2, 0) is 4.74 Å². The second kappa shape index (κ2) is 6.24. The lowest BCUT2D eigenvalue weighted by atomic mass is 10.1. The third-order valence-electron chi connectivity index (χ3n) is 4.45. The van der Waals surface area contributed by atoms with Crippen LogP contribution >= 0.6 is 0 Å². The summed E-state index contributed by atoms with van der Waals surface area (Å²) in [6.07, 6.45) is 5.43. The number of carbonyl (C=O) groups excluding carboxylic acids is 1. The number of H-pyrrole nitrogens is 1. The Kier molecular flexibility index (Phi) is 3.93. The Labute approximate surface area is 139 Å². The largest absolute Gasteiger partial charge is 0.482 e. The summed E-state index contributed by atoms with van der Waals surface area (Å²) in [7, 11) is 0. The summed E-state index contributed by atoms with van der Waals surface area (Å²) >= 11 is 0. The van der Waals surface area contributed by atoms with E-state index in [1.165, 1.54) is 12.8 Å². The highest BCUT2D eigenvalue weighted by atomic mass is 16.5. The molecule has 1 aliphatic carbocycles. The molecule has 2 N–H and O–H groups in total.